The number of nitrogens with zero attached hydrogens (tertiary/aromatic N) is 4. The Morgan fingerprint density at radius 2 is 1.93 bits per heavy atom. The molecule has 0 aliphatic heterocycles. The predicted octanol–water partition coefficient (Wildman–Crippen LogP) is 1.72. The van der Waals surface area contributed by atoms with Crippen molar-refractivity contribution in [2.24, 2.45) is 12.0 Å². The Morgan fingerprint density at radius 1 is 1.20 bits per heavy atom. The minimum absolute atomic E-state index is 0.114. The number of nitrogens with one attached hydrogen (secondary N) is 2. The van der Waals surface area contributed by atoms with Crippen molar-refractivity contribution in [3.05, 3.63) is 41.5 Å². The molecular weight excluding hydrogens is 384 g/mol. The first-order valence-electron chi connectivity index (χ1n) is 10.2. The zero-order valence-corrected chi connectivity index (χ0v) is 18.6. The summed E-state index contributed by atoms with van der Waals surface area (Å²) < 4.78 is 12.6. The van der Waals surface area contributed by atoms with Crippen molar-refractivity contribution < 1.29 is 14.6 Å². The van der Waals surface area contributed by atoms with E-state index in [1.54, 1.807) is 7.11 Å². The Bertz CT molecular complexity index is 789. The molecule has 1 atom stereocenters. The first-order valence-corrected chi connectivity index (χ1v) is 10.2. The maximum Gasteiger partial charge on any atom is 0.191 e. The summed E-state index contributed by atoms with van der Waals surface area (Å²) in [7, 11) is 3.59. The molecule has 0 spiro atoms. The number of ether oxygens (including phenoxy) is 2. The largest absolute Gasteiger partial charge is 0.491 e. The number of aliphatic hydroxyl groups excluding tert-OH is 1. The van der Waals surface area contributed by atoms with Crippen molar-refractivity contribution in [2.45, 2.75) is 45.9 Å². The van der Waals surface area contributed by atoms with Crippen LogP contribution in [-0.4, -0.2) is 58.7 Å². The zero-order valence-electron chi connectivity index (χ0n) is 18.6. The molecule has 0 bridgehead atoms. The van der Waals surface area contributed by atoms with Crippen LogP contribution in [0.1, 0.15) is 43.6 Å². The second-order valence-electron chi connectivity index (χ2n) is 7.29. The Hall–Kier alpha value is -2.65. The molecule has 9 heteroatoms. The van der Waals surface area contributed by atoms with Crippen LogP contribution in [0.2, 0.25) is 0 Å². The minimum atomic E-state index is -0.679. The summed E-state index contributed by atoms with van der Waals surface area (Å²) in [5.74, 6) is 3.00. The van der Waals surface area contributed by atoms with E-state index >= 15 is 0 Å². The molecule has 166 valence electrons. The van der Waals surface area contributed by atoms with Crippen LogP contribution in [0, 0.1) is 6.92 Å². The molecule has 1 aromatic carbocycles. The van der Waals surface area contributed by atoms with Gasteiger partial charge in [-0.05, 0) is 44.9 Å². The van der Waals surface area contributed by atoms with Crippen molar-refractivity contribution in [3.8, 4) is 5.75 Å². The topological polar surface area (TPSA) is 106 Å². The molecular formula is C21H34N6O3. The fourth-order valence-electron chi connectivity index (χ4n) is 2.69. The van der Waals surface area contributed by atoms with Crippen molar-refractivity contribution in [3.63, 3.8) is 0 Å². The second-order valence-corrected chi connectivity index (χ2v) is 7.29. The summed E-state index contributed by atoms with van der Waals surface area (Å²) in [6.45, 7) is 7.93. The molecule has 9 nitrogen and oxygen atoms in total. The number of benzene rings is 1. The van der Waals surface area contributed by atoms with Crippen molar-refractivity contribution in [1.82, 2.24) is 25.4 Å². The number of guanidine groups is 1. The van der Waals surface area contributed by atoms with Gasteiger partial charge in [0, 0.05) is 33.9 Å². The summed E-state index contributed by atoms with van der Waals surface area (Å²) in [6, 6.07) is 7.48. The summed E-state index contributed by atoms with van der Waals surface area (Å²) in [5.41, 5.74) is 0.807. The number of aryl methyl sites for hydroxylation is 1. The van der Waals surface area contributed by atoms with Gasteiger partial charge in [-0.3, -0.25) is 0 Å². The van der Waals surface area contributed by atoms with Crippen molar-refractivity contribution in [1.29, 1.82) is 0 Å². The summed E-state index contributed by atoms with van der Waals surface area (Å²) in [6.07, 6.45) is 0.282. The number of methoxy groups -OCH3 is 1. The smallest absolute Gasteiger partial charge is 0.191 e. The summed E-state index contributed by atoms with van der Waals surface area (Å²) in [4.78, 5) is 4.58. The van der Waals surface area contributed by atoms with Crippen LogP contribution in [0.15, 0.2) is 29.3 Å². The van der Waals surface area contributed by atoms with Gasteiger partial charge in [-0.15, -0.1) is 10.2 Å². The zero-order chi connectivity index (χ0) is 21.9. The lowest BCUT2D eigenvalue weighted by molar-refractivity contribution is 0.180. The monoisotopic (exact) mass is 418 g/mol. The van der Waals surface area contributed by atoms with E-state index in [1.165, 1.54) is 0 Å². The third-order valence-electron chi connectivity index (χ3n) is 4.48. The summed E-state index contributed by atoms with van der Waals surface area (Å²) >= 11 is 0. The molecule has 0 aliphatic carbocycles. The van der Waals surface area contributed by atoms with Crippen LogP contribution in [0.5, 0.6) is 5.75 Å². The lowest BCUT2D eigenvalue weighted by atomic mass is 10.1. The first kappa shape index (κ1) is 23.6. The number of aromatic nitrogens is 3. The highest BCUT2D eigenvalue weighted by Gasteiger charge is 2.10. The van der Waals surface area contributed by atoms with Gasteiger partial charge in [0.25, 0.3) is 0 Å². The highest BCUT2D eigenvalue weighted by atomic mass is 16.5. The molecule has 1 heterocycles. The molecule has 0 aliphatic rings. The Balaban J connectivity index is 1.96. The Kier molecular flexibility index (Phi) is 9.56. The fraction of sp³-hybridized carbons (Fsp3) is 0.571. The average molecular weight is 419 g/mol. The number of rotatable bonds is 11. The van der Waals surface area contributed by atoms with Gasteiger partial charge in [-0.1, -0.05) is 12.1 Å². The lowest BCUT2D eigenvalue weighted by Crippen LogP contribution is -2.40. The van der Waals surface area contributed by atoms with E-state index in [0.717, 1.165) is 29.4 Å². The van der Waals surface area contributed by atoms with Gasteiger partial charge in [-0.25, -0.2) is 4.99 Å². The van der Waals surface area contributed by atoms with Gasteiger partial charge in [0.15, 0.2) is 11.8 Å². The molecule has 0 saturated heterocycles. The van der Waals surface area contributed by atoms with Crippen LogP contribution in [-0.2, 0) is 18.3 Å². The molecule has 0 fully saturated rings. The maximum absolute atomic E-state index is 10.6. The van der Waals surface area contributed by atoms with E-state index in [-0.39, 0.29) is 6.10 Å². The number of hydrogen-bond acceptors (Lipinski definition) is 6. The molecule has 1 aromatic heterocycles. The minimum Gasteiger partial charge on any atom is -0.491 e. The van der Waals surface area contributed by atoms with Gasteiger partial charge >= 0.3 is 0 Å². The van der Waals surface area contributed by atoms with Gasteiger partial charge in [0.05, 0.1) is 12.2 Å². The van der Waals surface area contributed by atoms with E-state index in [2.05, 4.69) is 25.8 Å². The van der Waals surface area contributed by atoms with E-state index < -0.39 is 6.10 Å². The Labute approximate surface area is 178 Å². The van der Waals surface area contributed by atoms with E-state index in [0.29, 0.717) is 32.2 Å². The third kappa shape index (κ3) is 7.64. The Morgan fingerprint density at radius 3 is 2.53 bits per heavy atom. The van der Waals surface area contributed by atoms with Gasteiger partial charge < -0.3 is 29.8 Å². The number of aliphatic imine (C=N–C) groups is 1. The van der Waals surface area contributed by atoms with Crippen molar-refractivity contribution in [2.75, 3.05) is 26.8 Å². The second kappa shape index (κ2) is 12.1. The van der Waals surface area contributed by atoms with Gasteiger partial charge in [0.1, 0.15) is 18.1 Å². The van der Waals surface area contributed by atoms with E-state index in [4.69, 9.17) is 9.47 Å². The van der Waals surface area contributed by atoms with Crippen LogP contribution < -0.4 is 15.4 Å². The molecule has 3 N–H and O–H groups in total. The molecule has 0 saturated carbocycles. The quantitative estimate of drug-likeness (QED) is 0.290. The molecule has 2 aromatic rings. The van der Waals surface area contributed by atoms with Crippen molar-refractivity contribution >= 4 is 5.96 Å². The van der Waals surface area contributed by atoms with E-state index in [9.17, 15) is 5.11 Å². The van der Waals surface area contributed by atoms with Crippen LogP contribution in [0.4, 0.5) is 0 Å². The van der Waals surface area contributed by atoms with Gasteiger partial charge in [-0.2, -0.15) is 0 Å². The highest BCUT2D eigenvalue weighted by Crippen LogP contribution is 2.18. The van der Waals surface area contributed by atoms with Crippen LogP contribution in [0.25, 0.3) is 0 Å². The lowest BCUT2D eigenvalue weighted by Gasteiger charge is -2.17. The first-order chi connectivity index (χ1) is 14.4. The molecule has 1 unspecified atom stereocenters. The van der Waals surface area contributed by atoms with Crippen LogP contribution in [0.3, 0.4) is 0 Å². The van der Waals surface area contributed by atoms with Gasteiger partial charge in [0.2, 0.25) is 0 Å². The van der Waals surface area contributed by atoms with Crippen LogP contribution >= 0.6 is 0 Å². The molecule has 2 rings (SSSR count). The highest BCUT2D eigenvalue weighted by molar-refractivity contribution is 5.79. The third-order valence-corrected chi connectivity index (χ3v) is 4.48. The number of hydrogen-bond donors (Lipinski definition) is 3. The molecule has 30 heavy (non-hydrogen) atoms. The fourth-order valence-corrected chi connectivity index (χ4v) is 2.69. The normalized spacial score (nSPS) is 12.8. The molecule has 0 radical (unpaired) electrons. The average Bonchev–Trinajstić information content (AvgIpc) is 3.04. The maximum atomic E-state index is 10.6. The SMILES string of the molecule is COCCCNC(=NCc1nnc(C)n1C)NCC(O)c1ccc(OC(C)C)cc1. The molecule has 0 amide bonds. The van der Waals surface area contributed by atoms with E-state index in [1.807, 2.05) is 56.7 Å². The standard InChI is InChI=1S/C21H34N6O3/c1-15(2)30-18-9-7-17(8-10-18)19(28)13-23-21(22-11-6-12-29-5)24-14-20-26-25-16(3)27(20)4/h7-10,15,19,28H,6,11-14H2,1-5H3,(H2,22,23,24). The number of aliphatic hydroxyl groups is 1. The predicted molar refractivity (Wildman–Crippen MR) is 117 cm³/mol. The summed E-state index contributed by atoms with van der Waals surface area (Å²) in [5, 5.41) is 25.2.